The Bertz CT molecular complexity index is 1810. The quantitative estimate of drug-likeness (QED) is 0.103. The molecule has 1 heterocycles. The molecular weight excluding hydrogens is 748 g/mol. The van der Waals surface area contributed by atoms with E-state index in [9.17, 15) is 51.3 Å². The van der Waals surface area contributed by atoms with Crippen molar-refractivity contribution in [3.8, 4) is 11.5 Å². The van der Waals surface area contributed by atoms with Crippen LogP contribution in [0.2, 0.25) is 0 Å². The number of carbonyl (C=O) groups excluding carboxylic acids is 2. The molecule has 51 heavy (non-hydrogen) atoms. The number of hydrogen-bond donors (Lipinski definition) is 3. The van der Waals surface area contributed by atoms with Crippen LogP contribution in [-0.4, -0.2) is 46.5 Å². The Morgan fingerprint density at radius 1 is 0.980 bits per heavy atom. The van der Waals surface area contributed by atoms with Gasteiger partial charge in [0.15, 0.2) is 0 Å². The zero-order valence-corrected chi connectivity index (χ0v) is 28.7. The number of nitrogens with zero attached hydrogens (tertiary/aromatic N) is 1. The Kier molecular flexibility index (Phi) is 11.4. The molecule has 0 bridgehead atoms. The molecule has 1 saturated heterocycles. The predicted octanol–water partition coefficient (Wildman–Crippen LogP) is 8.32. The number of phenols is 1. The van der Waals surface area contributed by atoms with Crippen molar-refractivity contribution in [1.82, 2.24) is 0 Å². The van der Waals surface area contributed by atoms with Gasteiger partial charge in [0.1, 0.15) is 18.1 Å². The topological polar surface area (TPSA) is 107 Å². The van der Waals surface area contributed by atoms with E-state index >= 15 is 0 Å². The Labute approximate surface area is 298 Å². The lowest BCUT2D eigenvalue weighted by Crippen LogP contribution is -2.40. The zero-order valence-electron chi connectivity index (χ0n) is 27.1. The standard InChI is InChI=1S/C37H34BrF6NO6/c1-2-20(12-21-13-25(38)9-11-30(21)47)8-10-31(48)32-22(19-51-27-6-4-3-5-7-27)14-28-33(29(32)18-46)35(50)45(34(28)49)26-16-23(36(39,40)41)15-24(17-26)37(42,43)44/h3-7,9,11-13,15-17,28-29,31,33,46-48H,2,8,10,14,18-19H2,1H3/b20-12+/t28-,29+,31-,33-/m1/s1. The van der Waals surface area contributed by atoms with Gasteiger partial charge in [0.05, 0.1) is 41.4 Å². The maximum atomic E-state index is 13.9. The number of aromatic hydroxyl groups is 1. The summed E-state index contributed by atoms with van der Waals surface area (Å²) in [5.74, 6) is -5.46. The summed E-state index contributed by atoms with van der Waals surface area (Å²) < 4.78 is 88.9. The molecule has 0 radical (unpaired) electrons. The number of amides is 2. The SMILES string of the molecule is CC/C(=C\c1cc(Br)ccc1O)CC[C@@H](O)C1=C(COc2ccccc2)C[C@H]2C(=O)N(c3cc(C(F)(F)F)cc(C(F)(F)F)c3)C(=O)[C@H]2[C@H]1CO. The third kappa shape index (κ3) is 8.34. The average Bonchev–Trinajstić information content (AvgIpc) is 3.34. The number of carbonyl (C=O) groups is 2. The fourth-order valence-electron chi connectivity index (χ4n) is 6.79. The van der Waals surface area contributed by atoms with E-state index in [0.717, 1.165) is 10.0 Å². The Morgan fingerprint density at radius 3 is 2.22 bits per heavy atom. The molecule has 0 aromatic heterocycles. The molecule has 3 aromatic rings. The van der Waals surface area contributed by atoms with Crippen molar-refractivity contribution in [3.63, 3.8) is 0 Å². The number of halogens is 7. The first-order chi connectivity index (χ1) is 24.0. The predicted molar refractivity (Wildman–Crippen MR) is 179 cm³/mol. The second-order valence-electron chi connectivity index (χ2n) is 12.5. The van der Waals surface area contributed by atoms with Gasteiger partial charge in [0, 0.05) is 16.0 Å². The van der Waals surface area contributed by atoms with Gasteiger partial charge < -0.3 is 20.1 Å². The van der Waals surface area contributed by atoms with E-state index < -0.39 is 71.4 Å². The van der Waals surface area contributed by atoms with Crippen LogP contribution in [0.15, 0.2) is 87.9 Å². The molecule has 5 rings (SSSR count). The number of allylic oxidation sites excluding steroid dienone is 1. The lowest BCUT2D eigenvalue weighted by molar-refractivity contribution is -0.143. The van der Waals surface area contributed by atoms with Crippen molar-refractivity contribution >= 4 is 39.5 Å². The minimum Gasteiger partial charge on any atom is -0.507 e. The van der Waals surface area contributed by atoms with E-state index in [1.807, 2.05) is 6.92 Å². The number of aliphatic hydroxyl groups excluding tert-OH is 2. The summed E-state index contributed by atoms with van der Waals surface area (Å²) in [5.41, 5.74) is -2.29. The highest BCUT2D eigenvalue weighted by atomic mass is 79.9. The van der Waals surface area contributed by atoms with E-state index in [-0.39, 0.29) is 36.8 Å². The van der Waals surface area contributed by atoms with Crippen molar-refractivity contribution < 1.29 is 56.0 Å². The average molecular weight is 783 g/mol. The number of para-hydroxylation sites is 1. The van der Waals surface area contributed by atoms with Crippen LogP contribution in [0.3, 0.4) is 0 Å². The molecule has 0 saturated carbocycles. The molecule has 2 aliphatic rings. The third-order valence-electron chi connectivity index (χ3n) is 9.27. The molecule has 3 N–H and O–H groups in total. The molecule has 0 spiro atoms. The number of alkyl halides is 6. The highest BCUT2D eigenvalue weighted by molar-refractivity contribution is 9.10. The summed E-state index contributed by atoms with van der Waals surface area (Å²) in [4.78, 5) is 28.1. The van der Waals surface area contributed by atoms with Gasteiger partial charge in [-0.25, -0.2) is 4.90 Å². The summed E-state index contributed by atoms with van der Waals surface area (Å²) in [6, 6.07) is 14.0. The smallest absolute Gasteiger partial charge is 0.416 e. The van der Waals surface area contributed by atoms with Crippen molar-refractivity contribution in [1.29, 1.82) is 0 Å². The van der Waals surface area contributed by atoms with E-state index in [4.69, 9.17) is 4.74 Å². The first-order valence-corrected chi connectivity index (χ1v) is 16.9. The van der Waals surface area contributed by atoms with E-state index in [2.05, 4.69) is 15.9 Å². The lowest BCUT2D eigenvalue weighted by Gasteiger charge is -2.36. The first kappa shape index (κ1) is 38.1. The number of aliphatic hydroxyl groups is 2. The fraction of sp³-hybridized carbons (Fsp3) is 0.351. The minimum absolute atomic E-state index is 0.0449. The Morgan fingerprint density at radius 2 is 1.63 bits per heavy atom. The highest BCUT2D eigenvalue weighted by Crippen LogP contribution is 2.49. The van der Waals surface area contributed by atoms with Crippen LogP contribution in [0, 0.1) is 17.8 Å². The molecule has 4 atom stereocenters. The van der Waals surface area contributed by atoms with Crippen LogP contribution in [-0.2, 0) is 21.9 Å². The van der Waals surface area contributed by atoms with E-state index in [0.29, 0.717) is 46.8 Å². The number of imide groups is 1. The van der Waals surface area contributed by atoms with Gasteiger partial charge in [-0.1, -0.05) is 52.7 Å². The van der Waals surface area contributed by atoms with Gasteiger partial charge in [-0.15, -0.1) is 0 Å². The maximum absolute atomic E-state index is 13.9. The normalized spacial score (nSPS) is 20.5. The molecule has 7 nitrogen and oxygen atoms in total. The zero-order chi connectivity index (χ0) is 37.2. The summed E-state index contributed by atoms with van der Waals surface area (Å²) in [5, 5.41) is 32.7. The van der Waals surface area contributed by atoms with Crippen LogP contribution in [0.25, 0.3) is 6.08 Å². The number of ether oxygens (including phenoxy) is 1. The number of phenolic OH excluding ortho intramolecular Hbond substituents is 1. The molecule has 1 aliphatic heterocycles. The second kappa shape index (κ2) is 15.2. The van der Waals surface area contributed by atoms with E-state index in [1.165, 1.54) is 6.07 Å². The molecular formula is C37H34BrF6NO6. The molecule has 14 heteroatoms. The van der Waals surface area contributed by atoms with Gasteiger partial charge in [-0.3, -0.25) is 9.59 Å². The summed E-state index contributed by atoms with van der Waals surface area (Å²) >= 11 is 3.37. The highest BCUT2D eigenvalue weighted by Gasteiger charge is 2.56. The number of benzene rings is 3. The molecule has 2 amide bonds. The Balaban J connectivity index is 1.51. The second-order valence-corrected chi connectivity index (χ2v) is 13.4. The van der Waals surface area contributed by atoms with Crippen LogP contribution in [0.4, 0.5) is 32.0 Å². The monoisotopic (exact) mass is 781 g/mol. The summed E-state index contributed by atoms with van der Waals surface area (Å²) in [7, 11) is 0. The van der Waals surface area contributed by atoms with Gasteiger partial charge in [-0.2, -0.15) is 26.3 Å². The molecule has 272 valence electrons. The summed E-state index contributed by atoms with van der Waals surface area (Å²) in [6.07, 6.45) is -9.19. The van der Waals surface area contributed by atoms with Crippen molar-refractivity contribution in [2.45, 2.75) is 51.1 Å². The van der Waals surface area contributed by atoms with E-state index in [1.54, 1.807) is 48.5 Å². The van der Waals surface area contributed by atoms with Crippen molar-refractivity contribution in [2.24, 2.45) is 17.8 Å². The number of hydrogen-bond acceptors (Lipinski definition) is 6. The molecule has 1 aliphatic carbocycles. The first-order valence-electron chi connectivity index (χ1n) is 16.1. The minimum atomic E-state index is -5.22. The third-order valence-corrected chi connectivity index (χ3v) is 9.76. The van der Waals surface area contributed by atoms with Gasteiger partial charge in [0.2, 0.25) is 11.8 Å². The van der Waals surface area contributed by atoms with Crippen LogP contribution < -0.4 is 9.64 Å². The van der Waals surface area contributed by atoms with Crippen molar-refractivity contribution in [3.05, 3.63) is 105 Å². The molecule has 3 aromatic carbocycles. The molecule has 0 unspecified atom stereocenters. The maximum Gasteiger partial charge on any atom is 0.416 e. The Hall–Kier alpha value is -4.14. The number of anilines is 1. The van der Waals surface area contributed by atoms with Gasteiger partial charge in [-0.05, 0) is 85.4 Å². The van der Waals surface area contributed by atoms with Crippen molar-refractivity contribution in [2.75, 3.05) is 18.1 Å². The molecule has 1 fully saturated rings. The number of rotatable bonds is 11. The summed E-state index contributed by atoms with van der Waals surface area (Å²) in [6.45, 7) is 0.957. The van der Waals surface area contributed by atoms with Crippen LogP contribution in [0.5, 0.6) is 11.5 Å². The number of fused-ring (bicyclic) bond motifs is 1. The van der Waals surface area contributed by atoms with Crippen LogP contribution >= 0.6 is 15.9 Å². The largest absolute Gasteiger partial charge is 0.507 e. The fourth-order valence-corrected chi connectivity index (χ4v) is 7.17. The lowest BCUT2D eigenvalue weighted by atomic mass is 9.68. The van der Waals surface area contributed by atoms with Gasteiger partial charge >= 0.3 is 12.4 Å². The van der Waals surface area contributed by atoms with Crippen LogP contribution in [0.1, 0.15) is 49.3 Å². The van der Waals surface area contributed by atoms with Gasteiger partial charge in [0.25, 0.3) is 0 Å².